The van der Waals surface area contributed by atoms with Crippen LogP contribution in [0, 0.1) is 34.0 Å². The molecule has 2 rings (SSSR count). The summed E-state index contributed by atoms with van der Waals surface area (Å²) in [6, 6.07) is 23.3. The summed E-state index contributed by atoms with van der Waals surface area (Å²) < 4.78 is 0. The standard InChI is InChI=1S/C22H20N4/c1-2-3-13-26(17-18-7-5-4-6-8-18)21-11-9-19(10-12-21)22(16-25)20(14-23)15-24/h4-12H,2-3,13,17H2,1H3. The van der Waals surface area contributed by atoms with Crippen molar-refractivity contribution in [2.75, 3.05) is 11.4 Å². The van der Waals surface area contributed by atoms with Crippen molar-refractivity contribution in [1.82, 2.24) is 0 Å². The molecule has 0 radical (unpaired) electrons. The van der Waals surface area contributed by atoms with Crippen LogP contribution in [0.25, 0.3) is 5.57 Å². The van der Waals surface area contributed by atoms with Gasteiger partial charge in [0.05, 0.1) is 5.57 Å². The molecule has 0 amide bonds. The largest absolute Gasteiger partial charge is 0.367 e. The molecule has 4 heteroatoms. The second-order valence-electron chi connectivity index (χ2n) is 5.89. The fraction of sp³-hybridized carbons (Fsp3) is 0.227. The fourth-order valence-corrected chi connectivity index (χ4v) is 2.69. The Hall–Kier alpha value is -3.55. The summed E-state index contributed by atoms with van der Waals surface area (Å²) in [4.78, 5) is 2.30. The van der Waals surface area contributed by atoms with Gasteiger partial charge < -0.3 is 4.90 Å². The van der Waals surface area contributed by atoms with Crippen molar-refractivity contribution in [3.63, 3.8) is 0 Å². The van der Waals surface area contributed by atoms with Gasteiger partial charge in [-0.05, 0) is 29.7 Å². The summed E-state index contributed by atoms with van der Waals surface area (Å²) in [6.07, 6.45) is 2.20. The molecule has 0 fully saturated rings. The number of benzene rings is 2. The van der Waals surface area contributed by atoms with Crippen molar-refractivity contribution in [3.05, 3.63) is 71.3 Å². The lowest BCUT2D eigenvalue weighted by Crippen LogP contribution is -2.23. The molecule has 0 bridgehead atoms. The summed E-state index contributed by atoms with van der Waals surface area (Å²) in [5.41, 5.74) is 2.84. The molecule has 0 spiro atoms. The number of nitriles is 3. The van der Waals surface area contributed by atoms with Crippen LogP contribution in [-0.2, 0) is 6.54 Å². The Balaban J connectivity index is 2.30. The second-order valence-corrected chi connectivity index (χ2v) is 5.89. The zero-order chi connectivity index (χ0) is 18.8. The Morgan fingerprint density at radius 1 is 0.885 bits per heavy atom. The smallest absolute Gasteiger partial charge is 0.148 e. The molecule has 0 aliphatic heterocycles. The number of unbranched alkanes of at least 4 members (excludes halogenated alkanes) is 1. The van der Waals surface area contributed by atoms with Crippen LogP contribution in [0.15, 0.2) is 60.2 Å². The van der Waals surface area contributed by atoms with Gasteiger partial charge in [0.25, 0.3) is 0 Å². The minimum atomic E-state index is -0.160. The molecule has 0 unspecified atom stereocenters. The van der Waals surface area contributed by atoms with Crippen molar-refractivity contribution in [3.8, 4) is 18.2 Å². The maximum absolute atomic E-state index is 9.28. The first kappa shape index (κ1) is 18.8. The van der Waals surface area contributed by atoms with Crippen LogP contribution in [-0.4, -0.2) is 6.54 Å². The van der Waals surface area contributed by atoms with Crippen molar-refractivity contribution in [2.24, 2.45) is 0 Å². The van der Waals surface area contributed by atoms with Gasteiger partial charge in [-0.25, -0.2) is 0 Å². The number of hydrogen-bond donors (Lipinski definition) is 0. The van der Waals surface area contributed by atoms with E-state index in [1.807, 2.05) is 36.4 Å². The highest BCUT2D eigenvalue weighted by molar-refractivity contribution is 5.84. The molecule has 4 nitrogen and oxygen atoms in total. The first-order valence-corrected chi connectivity index (χ1v) is 8.57. The lowest BCUT2D eigenvalue weighted by Gasteiger charge is -2.25. The van der Waals surface area contributed by atoms with Gasteiger partial charge in [-0.3, -0.25) is 0 Å². The van der Waals surface area contributed by atoms with Gasteiger partial charge in [-0.15, -0.1) is 0 Å². The van der Waals surface area contributed by atoms with Crippen LogP contribution < -0.4 is 4.90 Å². The van der Waals surface area contributed by atoms with Gasteiger partial charge in [-0.1, -0.05) is 55.8 Å². The Kier molecular flexibility index (Phi) is 6.99. The molecule has 0 saturated carbocycles. The fourth-order valence-electron chi connectivity index (χ4n) is 2.69. The number of hydrogen-bond acceptors (Lipinski definition) is 4. The molecular weight excluding hydrogens is 320 g/mol. The summed E-state index contributed by atoms with van der Waals surface area (Å²) >= 11 is 0. The minimum Gasteiger partial charge on any atom is -0.367 e. The van der Waals surface area contributed by atoms with Crippen LogP contribution in [0.1, 0.15) is 30.9 Å². The van der Waals surface area contributed by atoms with Gasteiger partial charge in [-0.2, -0.15) is 15.8 Å². The van der Waals surface area contributed by atoms with Crippen LogP contribution >= 0.6 is 0 Å². The van der Waals surface area contributed by atoms with Gasteiger partial charge >= 0.3 is 0 Å². The van der Waals surface area contributed by atoms with E-state index >= 15 is 0 Å². The van der Waals surface area contributed by atoms with Crippen LogP contribution in [0.5, 0.6) is 0 Å². The highest BCUT2D eigenvalue weighted by Gasteiger charge is 2.11. The van der Waals surface area contributed by atoms with E-state index < -0.39 is 0 Å². The average molecular weight is 340 g/mol. The lowest BCUT2D eigenvalue weighted by atomic mass is 10.0. The third kappa shape index (κ3) is 4.73. The maximum atomic E-state index is 9.28. The van der Waals surface area contributed by atoms with E-state index in [1.54, 1.807) is 24.3 Å². The average Bonchev–Trinajstić information content (AvgIpc) is 2.70. The van der Waals surface area contributed by atoms with Crippen molar-refractivity contribution in [2.45, 2.75) is 26.3 Å². The zero-order valence-corrected chi connectivity index (χ0v) is 14.8. The van der Waals surface area contributed by atoms with E-state index in [9.17, 15) is 5.26 Å². The monoisotopic (exact) mass is 340 g/mol. The Morgan fingerprint density at radius 3 is 2.08 bits per heavy atom. The topological polar surface area (TPSA) is 74.6 Å². The number of anilines is 1. The highest BCUT2D eigenvalue weighted by Crippen LogP contribution is 2.23. The summed E-state index contributed by atoms with van der Waals surface area (Å²) in [5, 5.41) is 27.3. The van der Waals surface area contributed by atoms with Crippen LogP contribution in [0.4, 0.5) is 5.69 Å². The summed E-state index contributed by atoms with van der Waals surface area (Å²) in [5.74, 6) is 0. The first-order chi connectivity index (χ1) is 12.7. The lowest BCUT2D eigenvalue weighted by molar-refractivity contribution is 0.716. The van der Waals surface area contributed by atoms with Crippen LogP contribution in [0.3, 0.4) is 0 Å². The number of rotatable bonds is 7. The van der Waals surface area contributed by atoms with Crippen LogP contribution in [0.2, 0.25) is 0 Å². The predicted molar refractivity (Wildman–Crippen MR) is 103 cm³/mol. The van der Waals surface area contributed by atoms with E-state index in [2.05, 4.69) is 24.0 Å². The van der Waals surface area contributed by atoms with E-state index in [-0.39, 0.29) is 11.1 Å². The first-order valence-electron chi connectivity index (χ1n) is 8.57. The normalized spacial score (nSPS) is 9.46. The molecule has 2 aromatic carbocycles. The number of nitrogens with zero attached hydrogens (tertiary/aromatic N) is 4. The molecule has 0 aliphatic carbocycles. The Morgan fingerprint density at radius 2 is 1.54 bits per heavy atom. The van der Waals surface area contributed by atoms with Crippen molar-refractivity contribution >= 4 is 11.3 Å². The summed E-state index contributed by atoms with van der Waals surface area (Å²) in [7, 11) is 0. The molecule has 0 aliphatic rings. The Bertz CT molecular complexity index is 859. The molecule has 26 heavy (non-hydrogen) atoms. The molecule has 128 valence electrons. The van der Waals surface area contributed by atoms with E-state index in [0.29, 0.717) is 5.56 Å². The Labute approximate surface area is 154 Å². The molecule has 0 aromatic heterocycles. The molecule has 0 heterocycles. The highest BCUT2D eigenvalue weighted by atomic mass is 15.1. The van der Waals surface area contributed by atoms with E-state index in [4.69, 9.17) is 10.5 Å². The van der Waals surface area contributed by atoms with Crippen molar-refractivity contribution in [1.29, 1.82) is 15.8 Å². The van der Waals surface area contributed by atoms with Gasteiger partial charge in [0.2, 0.25) is 0 Å². The third-order valence-electron chi connectivity index (χ3n) is 4.10. The van der Waals surface area contributed by atoms with Gasteiger partial charge in [0, 0.05) is 18.8 Å². The third-order valence-corrected chi connectivity index (χ3v) is 4.10. The van der Waals surface area contributed by atoms with Gasteiger partial charge in [0.1, 0.15) is 23.8 Å². The predicted octanol–water partition coefficient (Wildman–Crippen LogP) is 4.82. The minimum absolute atomic E-state index is 0.115. The van der Waals surface area contributed by atoms with E-state index in [1.165, 1.54) is 5.56 Å². The molecule has 0 N–H and O–H groups in total. The number of allylic oxidation sites excluding steroid dienone is 2. The molecule has 2 aromatic rings. The van der Waals surface area contributed by atoms with E-state index in [0.717, 1.165) is 31.6 Å². The maximum Gasteiger partial charge on any atom is 0.148 e. The SMILES string of the molecule is CCCCN(Cc1ccccc1)c1ccc(C(C#N)=C(C#N)C#N)cc1. The van der Waals surface area contributed by atoms with Gasteiger partial charge in [0.15, 0.2) is 0 Å². The quantitative estimate of drug-likeness (QED) is 0.677. The summed E-state index contributed by atoms with van der Waals surface area (Å²) in [6.45, 7) is 3.91. The molecular formula is C22H20N4. The zero-order valence-electron chi connectivity index (χ0n) is 14.8. The second kappa shape index (κ2) is 9.67. The molecule has 0 saturated heterocycles. The van der Waals surface area contributed by atoms with Crippen molar-refractivity contribution < 1.29 is 0 Å². The molecule has 0 atom stereocenters.